The summed E-state index contributed by atoms with van der Waals surface area (Å²) in [5.74, 6) is -0.451. The van der Waals surface area contributed by atoms with Crippen LogP contribution in [0.25, 0.3) is 17.0 Å². The molecular weight excluding hydrogens is 408 g/mol. The van der Waals surface area contributed by atoms with Crippen LogP contribution in [0.2, 0.25) is 0 Å². The average Bonchev–Trinajstić information content (AvgIpc) is 3.19. The van der Waals surface area contributed by atoms with Gasteiger partial charge in [-0.2, -0.15) is 0 Å². The van der Waals surface area contributed by atoms with Gasteiger partial charge in [-0.15, -0.1) is 11.3 Å². The molecule has 0 unspecified atom stereocenters. The number of pyridine rings is 1. The highest BCUT2D eigenvalue weighted by atomic mass is 32.1. The lowest BCUT2D eigenvalue weighted by Crippen LogP contribution is -2.15. The fourth-order valence-electron chi connectivity index (χ4n) is 3.05. The Balaban J connectivity index is 1.36. The predicted octanol–water partition coefficient (Wildman–Crippen LogP) is 4.83. The second kappa shape index (κ2) is 9.32. The number of rotatable bonds is 6. The minimum Gasteiger partial charge on any atom is -0.325 e. The molecule has 0 radical (unpaired) electrons. The summed E-state index contributed by atoms with van der Waals surface area (Å²) >= 11 is 1.29. The zero-order valence-electron chi connectivity index (χ0n) is 16.8. The quantitative estimate of drug-likeness (QED) is 0.431. The molecule has 0 saturated heterocycles. The van der Waals surface area contributed by atoms with E-state index >= 15 is 0 Å². The van der Waals surface area contributed by atoms with Crippen LogP contribution >= 0.6 is 11.3 Å². The zero-order valence-corrected chi connectivity index (χ0v) is 17.6. The Hall–Kier alpha value is -3.84. The Bertz CT molecular complexity index is 1270. The molecule has 2 N–H and O–H groups in total. The molecule has 0 aliphatic carbocycles. The third-order valence-electron chi connectivity index (χ3n) is 4.50. The second-order valence-electron chi connectivity index (χ2n) is 6.93. The second-order valence-corrected chi connectivity index (χ2v) is 7.79. The van der Waals surface area contributed by atoms with Crippen molar-refractivity contribution in [2.24, 2.45) is 0 Å². The van der Waals surface area contributed by atoms with Crippen LogP contribution in [0.4, 0.5) is 10.8 Å². The molecule has 0 spiro atoms. The van der Waals surface area contributed by atoms with E-state index < -0.39 is 0 Å². The first-order valence-corrected chi connectivity index (χ1v) is 10.6. The fourth-order valence-corrected chi connectivity index (χ4v) is 3.77. The summed E-state index contributed by atoms with van der Waals surface area (Å²) in [7, 11) is 0. The van der Waals surface area contributed by atoms with E-state index in [9.17, 15) is 9.59 Å². The smallest absolute Gasteiger partial charge is 0.250 e. The number of benzene rings is 2. The summed E-state index contributed by atoms with van der Waals surface area (Å²) < 4.78 is 0. The van der Waals surface area contributed by atoms with E-state index in [1.165, 1.54) is 17.4 Å². The van der Waals surface area contributed by atoms with Crippen molar-refractivity contribution in [2.75, 3.05) is 10.6 Å². The fraction of sp³-hybridized carbons (Fsp3) is 0.0833. The molecule has 7 heteroatoms. The maximum atomic E-state index is 12.5. The first kappa shape index (κ1) is 20.4. The van der Waals surface area contributed by atoms with Gasteiger partial charge in [0.15, 0.2) is 5.13 Å². The molecular formula is C24H20N4O2S. The molecule has 0 fully saturated rings. The van der Waals surface area contributed by atoms with Gasteiger partial charge in [0, 0.05) is 22.5 Å². The summed E-state index contributed by atoms with van der Waals surface area (Å²) in [6.45, 7) is 1.93. The number of nitrogens with zero attached hydrogens (tertiary/aromatic N) is 2. The minimum absolute atomic E-state index is 0.113. The van der Waals surface area contributed by atoms with Crippen LogP contribution in [0.1, 0.15) is 17.0 Å². The molecule has 2 aromatic carbocycles. The van der Waals surface area contributed by atoms with Crippen LogP contribution in [0.15, 0.2) is 72.1 Å². The van der Waals surface area contributed by atoms with Crippen molar-refractivity contribution in [1.29, 1.82) is 0 Å². The molecule has 0 saturated carbocycles. The van der Waals surface area contributed by atoms with Gasteiger partial charge < -0.3 is 5.32 Å². The number of nitrogens with one attached hydrogen (secondary N) is 2. The topological polar surface area (TPSA) is 84.0 Å². The van der Waals surface area contributed by atoms with E-state index in [0.717, 1.165) is 22.2 Å². The van der Waals surface area contributed by atoms with Crippen LogP contribution in [-0.4, -0.2) is 21.8 Å². The number of thiazole rings is 1. The number of aromatic nitrogens is 2. The van der Waals surface area contributed by atoms with E-state index in [2.05, 4.69) is 20.6 Å². The van der Waals surface area contributed by atoms with Gasteiger partial charge in [0.05, 0.1) is 23.3 Å². The molecule has 0 bridgehead atoms. The maximum Gasteiger partial charge on any atom is 0.250 e. The molecule has 0 aliphatic rings. The Kier molecular flexibility index (Phi) is 6.14. The lowest BCUT2D eigenvalue weighted by atomic mass is 10.1. The zero-order chi connectivity index (χ0) is 21.6. The van der Waals surface area contributed by atoms with Crippen molar-refractivity contribution in [3.8, 4) is 0 Å². The summed E-state index contributed by atoms with van der Waals surface area (Å²) in [5, 5.41) is 8.76. The molecule has 2 amide bonds. The number of carbonyl (C=O) groups excluding carboxylic acids is 2. The number of carbonyl (C=O) groups is 2. The Morgan fingerprint density at radius 3 is 2.65 bits per heavy atom. The Morgan fingerprint density at radius 1 is 0.968 bits per heavy atom. The molecule has 31 heavy (non-hydrogen) atoms. The predicted molar refractivity (Wildman–Crippen MR) is 125 cm³/mol. The first-order valence-electron chi connectivity index (χ1n) is 9.71. The van der Waals surface area contributed by atoms with Gasteiger partial charge >= 0.3 is 0 Å². The number of hydrogen-bond acceptors (Lipinski definition) is 5. The third kappa shape index (κ3) is 5.40. The summed E-state index contributed by atoms with van der Waals surface area (Å²) in [6, 6.07) is 19.1. The van der Waals surface area contributed by atoms with Crippen molar-refractivity contribution in [3.05, 3.63) is 89.1 Å². The van der Waals surface area contributed by atoms with E-state index in [4.69, 9.17) is 0 Å². The van der Waals surface area contributed by atoms with Gasteiger partial charge in [-0.05, 0) is 42.8 Å². The summed E-state index contributed by atoms with van der Waals surface area (Å²) in [5.41, 5.74) is 4.00. The van der Waals surface area contributed by atoms with Crippen molar-refractivity contribution < 1.29 is 9.59 Å². The molecule has 4 aromatic rings. The Morgan fingerprint density at radius 2 is 1.81 bits per heavy atom. The van der Waals surface area contributed by atoms with E-state index in [-0.39, 0.29) is 18.2 Å². The van der Waals surface area contributed by atoms with Crippen LogP contribution in [0.5, 0.6) is 0 Å². The summed E-state index contributed by atoms with van der Waals surface area (Å²) in [4.78, 5) is 33.4. The van der Waals surface area contributed by atoms with Crippen molar-refractivity contribution in [2.45, 2.75) is 13.3 Å². The molecule has 6 nitrogen and oxygen atoms in total. The molecule has 2 heterocycles. The monoisotopic (exact) mass is 428 g/mol. The van der Waals surface area contributed by atoms with Gasteiger partial charge in [-0.1, -0.05) is 36.4 Å². The Labute approximate surface area is 183 Å². The van der Waals surface area contributed by atoms with Gasteiger partial charge in [-0.25, -0.2) is 4.98 Å². The van der Waals surface area contributed by atoms with E-state index in [0.29, 0.717) is 16.5 Å². The normalized spacial score (nSPS) is 11.0. The number of amides is 2. The highest BCUT2D eigenvalue weighted by molar-refractivity contribution is 7.14. The summed E-state index contributed by atoms with van der Waals surface area (Å²) in [6.07, 6.45) is 3.30. The van der Waals surface area contributed by atoms with Crippen LogP contribution < -0.4 is 10.6 Å². The number of hydrogen-bond donors (Lipinski definition) is 2. The number of aryl methyl sites for hydroxylation is 1. The third-order valence-corrected chi connectivity index (χ3v) is 5.30. The minimum atomic E-state index is -0.271. The number of anilines is 2. The lowest BCUT2D eigenvalue weighted by molar-refractivity contribution is -0.115. The van der Waals surface area contributed by atoms with Gasteiger partial charge in [0.2, 0.25) is 11.8 Å². The van der Waals surface area contributed by atoms with Gasteiger partial charge in [0.25, 0.3) is 0 Å². The molecule has 4 rings (SSSR count). The first-order chi connectivity index (χ1) is 15.1. The van der Waals surface area contributed by atoms with Crippen molar-refractivity contribution in [3.63, 3.8) is 0 Å². The van der Waals surface area contributed by atoms with Crippen LogP contribution in [0, 0.1) is 6.92 Å². The van der Waals surface area contributed by atoms with Crippen LogP contribution in [-0.2, 0) is 16.0 Å². The van der Waals surface area contributed by atoms with E-state index in [1.54, 1.807) is 11.5 Å². The SMILES string of the molecule is Cc1ccc2c(NC(=O)Cc3csc(NC(=O)/C=C/c4ccccc4)n3)cccc2n1. The highest BCUT2D eigenvalue weighted by Crippen LogP contribution is 2.23. The highest BCUT2D eigenvalue weighted by Gasteiger charge is 2.11. The largest absolute Gasteiger partial charge is 0.325 e. The molecule has 154 valence electrons. The molecule has 0 atom stereocenters. The lowest BCUT2D eigenvalue weighted by Gasteiger charge is -2.08. The van der Waals surface area contributed by atoms with Crippen molar-refractivity contribution >= 4 is 50.9 Å². The average molecular weight is 429 g/mol. The van der Waals surface area contributed by atoms with Gasteiger partial charge in [-0.3, -0.25) is 19.9 Å². The standard InChI is InChI=1S/C24H20N4O2S/c1-16-10-12-19-20(25-16)8-5-9-21(19)27-23(30)14-18-15-31-24(26-18)28-22(29)13-11-17-6-3-2-4-7-17/h2-13,15H,14H2,1H3,(H,27,30)(H,26,28,29)/b13-11+. The molecule has 0 aliphatic heterocycles. The molecule has 2 aromatic heterocycles. The maximum absolute atomic E-state index is 12.5. The van der Waals surface area contributed by atoms with Gasteiger partial charge in [0.1, 0.15) is 0 Å². The van der Waals surface area contributed by atoms with E-state index in [1.807, 2.05) is 67.6 Å². The number of fused-ring (bicyclic) bond motifs is 1. The van der Waals surface area contributed by atoms with Crippen LogP contribution in [0.3, 0.4) is 0 Å². The van der Waals surface area contributed by atoms with Crippen molar-refractivity contribution in [1.82, 2.24) is 9.97 Å².